The first-order chi connectivity index (χ1) is 10.2. The number of hydrogen-bond acceptors (Lipinski definition) is 3. The molecule has 0 aliphatic heterocycles. The summed E-state index contributed by atoms with van der Waals surface area (Å²) >= 11 is 0. The van der Waals surface area contributed by atoms with Crippen LogP contribution in [-0.4, -0.2) is 25.2 Å². The molecule has 3 heteroatoms. The van der Waals surface area contributed by atoms with Crippen LogP contribution in [0.1, 0.15) is 56.9 Å². The van der Waals surface area contributed by atoms with Gasteiger partial charge in [-0.25, -0.2) is 0 Å². The SMILES string of the molecule is COC(=O)C(CC(C)c1ccccc1)NC1CCCCC1. The highest BCUT2D eigenvalue weighted by molar-refractivity contribution is 5.75. The summed E-state index contributed by atoms with van der Waals surface area (Å²) < 4.78 is 4.99. The molecule has 2 atom stereocenters. The Morgan fingerprint density at radius 2 is 1.90 bits per heavy atom. The first kappa shape index (κ1) is 16.0. The molecule has 1 fully saturated rings. The van der Waals surface area contributed by atoms with E-state index in [4.69, 9.17) is 4.74 Å². The van der Waals surface area contributed by atoms with Gasteiger partial charge in [0.1, 0.15) is 6.04 Å². The van der Waals surface area contributed by atoms with Crippen molar-refractivity contribution >= 4 is 5.97 Å². The summed E-state index contributed by atoms with van der Waals surface area (Å²) in [4.78, 5) is 12.1. The van der Waals surface area contributed by atoms with Gasteiger partial charge in [0.05, 0.1) is 7.11 Å². The second kappa shape index (κ2) is 8.18. The first-order valence-electron chi connectivity index (χ1n) is 8.09. The van der Waals surface area contributed by atoms with Gasteiger partial charge in [-0.2, -0.15) is 0 Å². The molecule has 1 N–H and O–H groups in total. The summed E-state index contributed by atoms with van der Waals surface area (Å²) in [6.45, 7) is 2.17. The summed E-state index contributed by atoms with van der Waals surface area (Å²) in [6.07, 6.45) is 6.98. The van der Waals surface area contributed by atoms with Gasteiger partial charge in [0.15, 0.2) is 0 Å². The molecule has 1 aliphatic rings. The third-order valence-corrected chi connectivity index (χ3v) is 4.49. The van der Waals surface area contributed by atoms with Crippen molar-refractivity contribution in [1.82, 2.24) is 5.32 Å². The number of carbonyl (C=O) groups is 1. The fraction of sp³-hybridized carbons (Fsp3) is 0.611. The molecule has 116 valence electrons. The number of hydrogen-bond donors (Lipinski definition) is 1. The van der Waals surface area contributed by atoms with Crippen molar-refractivity contribution < 1.29 is 9.53 Å². The standard InChI is InChI=1S/C18H27NO2/c1-14(15-9-5-3-6-10-15)13-17(18(20)21-2)19-16-11-7-4-8-12-16/h3,5-6,9-10,14,16-17,19H,4,7-8,11-13H2,1-2H3. The third kappa shape index (κ3) is 4.85. The first-order valence-corrected chi connectivity index (χ1v) is 8.09. The molecular weight excluding hydrogens is 262 g/mol. The Morgan fingerprint density at radius 3 is 2.52 bits per heavy atom. The highest BCUT2D eigenvalue weighted by Crippen LogP contribution is 2.23. The predicted octanol–water partition coefficient (Wildman–Crippen LogP) is 3.64. The molecule has 0 spiro atoms. The van der Waals surface area contributed by atoms with Crippen molar-refractivity contribution in [2.75, 3.05) is 7.11 Å². The molecule has 2 unspecified atom stereocenters. The van der Waals surface area contributed by atoms with Crippen LogP contribution in [0.5, 0.6) is 0 Å². The van der Waals surface area contributed by atoms with Crippen LogP contribution in [0.25, 0.3) is 0 Å². The highest BCUT2D eigenvalue weighted by Gasteiger charge is 2.26. The van der Waals surface area contributed by atoms with Crippen LogP contribution in [-0.2, 0) is 9.53 Å². The molecule has 3 nitrogen and oxygen atoms in total. The lowest BCUT2D eigenvalue weighted by molar-refractivity contribution is -0.143. The molecule has 1 aromatic carbocycles. The Morgan fingerprint density at radius 1 is 1.24 bits per heavy atom. The summed E-state index contributed by atoms with van der Waals surface area (Å²) in [7, 11) is 1.48. The largest absolute Gasteiger partial charge is 0.468 e. The van der Waals surface area contributed by atoms with Crippen LogP contribution in [0.4, 0.5) is 0 Å². The van der Waals surface area contributed by atoms with Crippen molar-refractivity contribution in [3.8, 4) is 0 Å². The molecule has 0 heterocycles. The minimum absolute atomic E-state index is 0.136. The molecule has 1 aromatic rings. The molecule has 2 rings (SSSR count). The van der Waals surface area contributed by atoms with Gasteiger partial charge in [0, 0.05) is 6.04 Å². The normalized spacial score (nSPS) is 19.0. The maximum Gasteiger partial charge on any atom is 0.322 e. The Hall–Kier alpha value is -1.35. The molecule has 21 heavy (non-hydrogen) atoms. The van der Waals surface area contributed by atoms with Crippen LogP contribution in [0.15, 0.2) is 30.3 Å². The monoisotopic (exact) mass is 289 g/mol. The van der Waals surface area contributed by atoms with Gasteiger partial charge in [-0.15, -0.1) is 0 Å². The van der Waals surface area contributed by atoms with Crippen molar-refractivity contribution in [3.63, 3.8) is 0 Å². The minimum atomic E-state index is -0.201. The van der Waals surface area contributed by atoms with Crippen molar-refractivity contribution in [3.05, 3.63) is 35.9 Å². The number of ether oxygens (including phenoxy) is 1. The summed E-state index contributed by atoms with van der Waals surface area (Å²) in [5, 5.41) is 3.53. The lowest BCUT2D eigenvalue weighted by Crippen LogP contribution is -2.45. The van der Waals surface area contributed by atoms with Gasteiger partial charge in [0.2, 0.25) is 0 Å². The van der Waals surface area contributed by atoms with Gasteiger partial charge in [-0.05, 0) is 30.7 Å². The molecule has 0 radical (unpaired) electrons. The van der Waals surface area contributed by atoms with Crippen LogP contribution in [0, 0.1) is 0 Å². The molecule has 0 amide bonds. The van der Waals surface area contributed by atoms with Gasteiger partial charge in [-0.3, -0.25) is 4.79 Å². The van der Waals surface area contributed by atoms with Crippen LogP contribution < -0.4 is 5.32 Å². The Bertz CT molecular complexity index is 426. The number of esters is 1. The average molecular weight is 289 g/mol. The zero-order valence-electron chi connectivity index (χ0n) is 13.2. The van der Waals surface area contributed by atoms with Gasteiger partial charge in [0.25, 0.3) is 0 Å². The molecule has 0 saturated heterocycles. The van der Waals surface area contributed by atoms with E-state index < -0.39 is 0 Å². The van der Waals surface area contributed by atoms with E-state index in [1.807, 2.05) is 18.2 Å². The van der Waals surface area contributed by atoms with Gasteiger partial charge >= 0.3 is 5.97 Å². The number of rotatable bonds is 6. The summed E-state index contributed by atoms with van der Waals surface area (Å²) in [5.74, 6) is 0.203. The van der Waals surface area contributed by atoms with Gasteiger partial charge < -0.3 is 10.1 Å². The minimum Gasteiger partial charge on any atom is -0.468 e. The molecule has 0 aromatic heterocycles. The van der Waals surface area contributed by atoms with E-state index in [1.54, 1.807) is 0 Å². The van der Waals surface area contributed by atoms with E-state index in [1.165, 1.54) is 44.8 Å². The van der Waals surface area contributed by atoms with Crippen molar-refractivity contribution in [2.45, 2.75) is 63.5 Å². The van der Waals surface area contributed by atoms with E-state index in [9.17, 15) is 4.79 Å². The predicted molar refractivity (Wildman–Crippen MR) is 85.3 cm³/mol. The number of methoxy groups -OCH3 is 1. The summed E-state index contributed by atoms with van der Waals surface area (Å²) in [5.41, 5.74) is 1.27. The van der Waals surface area contributed by atoms with E-state index in [0.717, 1.165) is 6.42 Å². The van der Waals surface area contributed by atoms with E-state index >= 15 is 0 Å². The number of nitrogens with one attached hydrogen (secondary N) is 1. The van der Waals surface area contributed by atoms with Crippen LogP contribution in [0.2, 0.25) is 0 Å². The lowest BCUT2D eigenvalue weighted by Gasteiger charge is -2.28. The van der Waals surface area contributed by atoms with E-state index in [0.29, 0.717) is 12.0 Å². The topological polar surface area (TPSA) is 38.3 Å². The summed E-state index contributed by atoms with van der Waals surface area (Å²) in [6, 6.07) is 10.6. The highest BCUT2D eigenvalue weighted by atomic mass is 16.5. The van der Waals surface area contributed by atoms with Crippen molar-refractivity contribution in [2.24, 2.45) is 0 Å². The zero-order chi connectivity index (χ0) is 15.1. The average Bonchev–Trinajstić information content (AvgIpc) is 2.55. The molecule has 1 saturated carbocycles. The van der Waals surface area contributed by atoms with E-state index in [-0.39, 0.29) is 12.0 Å². The van der Waals surface area contributed by atoms with Crippen LogP contribution in [0.3, 0.4) is 0 Å². The second-order valence-corrected chi connectivity index (χ2v) is 6.12. The molecular formula is C18H27NO2. The number of carbonyl (C=O) groups excluding carboxylic acids is 1. The van der Waals surface area contributed by atoms with Crippen LogP contribution >= 0.6 is 0 Å². The fourth-order valence-electron chi connectivity index (χ4n) is 3.20. The quantitative estimate of drug-likeness (QED) is 0.812. The Kier molecular flexibility index (Phi) is 6.24. The lowest BCUT2D eigenvalue weighted by atomic mass is 9.91. The maximum atomic E-state index is 12.1. The zero-order valence-corrected chi connectivity index (χ0v) is 13.2. The molecule has 1 aliphatic carbocycles. The molecule has 0 bridgehead atoms. The number of benzene rings is 1. The Balaban J connectivity index is 1.97. The Labute approximate surface area is 128 Å². The second-order valence-electron chi connectivity index (χ2n) is 6.12. The fourth-order valence-corrected chi connectivity index (χ4v) is 3.20. The van der Waals surface area contributed by atoms with E-state index in [2.05, 4.69) is 24.4 Å². The van der Waals surface area contributed by atoms with Gasteiger partial charge in [-0.1, -0.05) is 56.5 Å². The third-order valence-electron chi connectivity index (χ3n) is 4.49. The maximum absolute atomic E-state index is 12.1. The van der Waals surface area contributed by atoms with Crippen molar-refractivity contribution in [1.29, 1.82) is 0 Å². The smallest absolute Gasteiger partial charge is 0.322 e.